The molecular weight excluding hydrogens is 693 g/mol. The van der Waals surface area contributed by atoms with Crippen LogP contribution in [0.15, 0.2) is 0 Å². The van der Waals surface area contributed by atoms with E-state index in [4.69, 9.17) is 69.5 Å². The Hall–Kier alpha value is 0.568. The van der Waals surface area contributed by atoms with Crippen LogP contribution in [-0.2, 0) is 67.4 Å². The molecule has 10 nitrogen and oxygen atoms in total. The first-order valence-electron chi connectivity index (χ1n) is 8.73. The molecule has 2 aliphatic rings. The maximum atomic E-state index is 7.50. The smallest absolute Gasteiger partial charge is 0.312 e. The Morgan fingerprint density at radius 2 is 0.848 bits per heavy atom. The molecule has 0 amide bonds. The van der Waals surface area contributed by atoms with Crippen molar-refractivity contribution in [2.45, 2.75) is 50.3 Å². The fourth-order valence-electron chi connectivity index (χ4n) is 1.31. The van der Waals surface area contributed by atoms with E-state index in [-0.39, 0.29) is 30.8 Å². The molecular formula is C18H28Cl2O10P2W. The second-order valence-electron chi connectivity index (χ2n) is 6.47. The summed E-state index contributed by atoms with van der Waals surface area (Å²) in [6.45, 7) is 29.4. The van der Waals surface area contributed by atoms with E-state index in [9.17, 15) is 0 Å². The first-order valence-corrected chi connectivity index (χ1v) is 11.7. The van der Waals surface area contributed by atoms with Crippen molar-refractivity contribution >= 4 is 67.6 Å². The van der Waals surface area contributed by atoms with Crippen LogP contribution in [0.5, 0.6) is 0 Å². The number of hydrogen-bond donors (Lipinski definition) is 0. The monoisotopic (exact) mass is 720 g/mol. The fraction of sp³-hybridized carbons (Fsp3) is 0.778. The summed E-state index contributed by atoms with van der Waals surface area (Å²) in [5, 5.41) is 0. The van der Waals surface area contributed by atoms with Crippen LogP contribution in [0, 0.1) is 0 Å². The summed E-state index contributed by atoms with van der Waals surface area (Å²) >= 11 is 11.9. The Morgan fingerprint density at radius 1 is 0.636 bits per heavy atom. The molecule has 0 aromatic carbocycles. The molecule has 0 aliphatic carbocycles. The predicted molar refractivity (Wildman–Crippen MR) is 121 cm³/mol. The molecule has 0 atom stereocenters. The molecule has 0 N–H and O–H groups in total. The molecule has 33 heavy (non-hydrogen) atoms. The molecule has 2 fully saturated rings. The van der Waals surface area contributed by atoms with Crippen molar-refractivity contribution < 1.29 is 67.4 Å². The number of rotatable bonds is 6. The number of hydrogen-bond acceptors (Lipinski definition) is 10. The van der Waals surface area contributed by atoms with Crippen molar-refractivity contribution in [2.75, 3.05) is 39.6 Å². The second kappa shape index (κ2) is 30.6. The average Bonchev–Trinajstić information content (AvgIpc) is 2.82. The summed E-state index contributed by atoms with van der Waals surface area (Å²) in [6, 6.07) is 0. The van der Waals surface area contributed by atoms with Gasteiger partial charge in [-0.2, -0.15) is 0 Å². The first kappa shape index (κ1) is 43.6. The zero-order chi connectivity index (χ0) is 26.1. The van der Waals surface area contributed by atoms with Crippen molar-refractivity contribution in [2.24, 2.45) is 0 Å². The first-order chi connectivity index (χ1) is 15.2. The van der Waals surface area contributed by atoms with Crippen molar-refractivity contribution in [3.05, 3.63) is 0 Å². The van der Waals surface area contributed by atoms with Gasteiger partial charge in [0.15, 0.2) is 0 Å². The van der Waals surface area contributed by atoms with E-state index in [2.05, 4.69) is 27.2 Å². The van der Waals surface area contributed by atoms with Gasteiger partial charge in [0.2, 0.25) is 0 Å². The zero-order valence-electron chi connectivity index (χ0n) is 18.8. The second-order valence-corrected chi connectivity index (χ2v) is 11.0. The normalized spacial score (nSPS) is 15.9. The molecule has 0 bridgehead atoms. The molecule has 2 aliphatic heterocycles. The Bertz CT molecular complexity index is 355. The van der Waals surface area contributed by atoms with Gasteiger partial charge in [-0.15, -0.1) is 23.2 Å². The molecule has 2 heterocycles. The summed E-state index contributed by atoms with van der Waals surface area (Å²) in [4.78, 5) is 29.3. The van der Waals surface area contributed by atoms with Gasteiger partial charge in [-0.05, 0) is 40.5 Å². The van der Waals surface area contributed by atoms with Gasteiger partial charge in [0, 0.05) is 21.1 Å². The molecule has 0 aromatic heterocycles. The molecule has 2 rings (SSSR count). The van der Waals surface area contributed by atoms with E-state index in [1.165, 1.54) is 0 Å². The SMILES string of the molecule is CC(C)(Cl)COP1OCCCO1.CC(C)(Cl)COP1OCCCO1.[C]=O.[C]=O.[C]=O.[C]=O.[W]. The molecule has 8 radical (unpaired) electrons. The summed E-state index contributed by atoms with van der Waals surface area (Å²) in [7, 11) is -2.24. The topological polar surface area (TPSA) is 124 Å². The zero-order valence-corrected chi connectivity index (χ0v) is 25.0. The van der Waals surface area contributed by atoms with Crippen LogP contribution in [0.4, 0.5) is 0 Å². The van der Waals surface area contributed by atoms with Crippen LogP contribution < -0.4 is 0 Å². The average molecular weight is 721 g/mol. The van der Waals surface area contributed by atoms with E-state index in [1.54, 1.807) is 0 Å². The largest absolute Gasteiger partial charge is 0.332 e. The predicted octanol–water partition coefficient (Wildman–Crippen LogP) is 3.78. The molecule has 0 unspecified atom stereocenters. The van der Waals surface area contributed by atoms with Crippen LogP contribution >= 0.6 is 40.4 Å². The third kappa shape index (κ3) is 37.3. The van der Waals surface area contributed by atoms with Crippen molar-refractivity contribution in [3.8, 4) is 0 Å². The van der Waals surface area contributed by atoms with Crippen LogP contribution in [0.25, 0.3) is 0 Å². The summed E-state index contributed by atoms with van der Waals surface area (Å²) < 4.78 is 31.6. The molecule has 190 valence electrons. The van der Waals surface area contributed by atoms with Crippen LogP contribution in [-0.4, -0.2) is 76.5 Å². The van der Waals surface area contributed by atoms with E-state index in [1.807, 2.05) is 27.7 Å². The maximum Gasteiger partial charge on any atom is 0.332 e. The molecule has 0 aromatic rings. The molecule has 2 saturated heterocycles. The summed E-state index contributed by atoms with van der Waals surface area (Å²) in [6.07, 6.45) is 1.90. The molecule has 0 spiro atoms. The van der Waals surface area contributed by atoms with Crippen molar-refractivity contribution in [1.29, 1.82) is 0 Å². The van der Waals surface area contributed by atoms with Gasteiger partial charge in [-0.3, -0.25) is 19.2 Å². The van der Waals surface area contributed by atoms with E-state index >= 15 is 0 Å². The Kier molecular flexibility index (Phi) is 40.5. The maximum absolute atomic E-state index is 7.50. The third-order valence-corrected chi connectivity index (χ3v) is 4.86. The Balaban J connectivity index is -0.000000119. The Morgan fingerprint density at radius 3 is 1.03 bits per heavy atom. The Labute approximate surface area is 224 Å². The van der Waals surface area contributed by atoms with Crippen LogP contribution in [0.2, 0.25) is 0 Å². The minimum absolute atomic E-state index is 0. The van der Waals surface area contributed by atoms with Gasteiger partial charge in [0.05, 0.1) is 49.4 Å². The van der Waals surface area contributed by atoms with Gasteiger partial charge in [-0.25, -0.2) is 0 Å². The van der Waals surface area contributed by atoms with Gasteiger partial charge >= 0.3 is 17.2 Å². The van der Waals surface area contributed by atoms with E-state index in [0.717, 1.165) is 39.3 Å². The minimum atomic E-state index is -1.12. The van der Waals surface area contributed by atoms with Crippen LogP contribution in [0.3, 0.4) is 0 Å². The van der Waals surface area contributed by atoms with Gasteiger partial charge in [0.25, 0.3) is 27.2 Å². The van der Waals surface area contributed by atoms with Gasteiger partial charge < -0.3 is 27.1 Å². The van der Waals surface area contributed by atoms with Gasteiger partial charge in [0.1, 0.15) is 0 Å². The van der Waals surface area contributed by atoms with Crippen molar-refractivity contribution in [1.82, 2.24) is 0 Å². The summed E-state index contributed by atoms with van der Waals surface area (Å²) in [5.74, 6) is 0. The van der Waals surface area contributed by atoms with Crippen LogP contribution in [0.1, 0.15) is 40.5 Å². The van der Waals surface area contributed by atoms with Crippen molar-refractivity contribution in [3.63, 3.8) is 0 Å². The third-order valence-electron chi connectivity index (χ3n) is 2.39. The minimum Gasteiger partial charge on any atom is -0.312 e. The number of halogens is 2. The number of carbonyl (C=O) groups excluding carboxylic acids is 4. The quantitative estimate of drug-likeness (QED) is 0.296. The molecule has 0 saturated carbocycles. The molecule has 15 heteroatoms. The van der Waals surface area contributed by atoms with E-state index < -0.39 is 17.2 Å². The number of alkyl halides is 2. The van der Waals surface area contributed by atoms with E-state index in [0.29, 0.717) is 13.2 Å². The fourth-order valence-corrected chi connectivity index (χ4v) is 3.99. The standard InChI is InChI=1S/2C7H14ClO3P.4CO.W/c2*1-7(2,8)6-11-12-9-4-3-5-10-12;4*1-2;/h2*3-6H2,1-2H3;;;;;. The summed E-state index contributed by atoms with van der Waals surface area (Å²) in [5.41, 5.74) is 0. The van der Waals surface area contributed by atoms with Gasteiger partial charge in [-0.1, -0.05) is 0 Å².